The number of aromatic nitrogens is 1. The molecule has 2 aliphatic rings. The molecule has 0 unspecified atom stereocenters. The Balaban J connectivity index is 1.58. The molecule has 1 aromatic rings. The van der Waals surface area contributed by atoms with Crippen LogP contribution in [0.2, 0.25) is 0 Å². The van der Waals surface area contributed by atoms with Gasteiger partial charge in [0.05, 0.1) is 6.54 Å². The van der Waals surface area contributed by atoms with Crippen molar-refractivity contribution >= 4 is 5.91 Å². The largest absolute Gasteiger partial charge is 0.334 e. The predicted molar refractivity (Wildman–Crippen MR) is 68.8 cm³/mol. The number of nitrogens with zero attached hydrogens (tertiary/aromatic N) is 2. The van der Waals surface area contributed by atoms with Gasteiger partial charge in [0.25, 0.3) is 0 Å². The highest BCUT2D eigenvalue weighted by molar-refractivity contribution is 5.79. The topological polar surface area (TPSA) is 45.2 Å². The number of hydrogen-bond donors (Lipinski definition) is 1. The Morgan fingerprint density at radius 1 is 1.28 bits per heavy atom. The number of carbonyl (C=O) groups excluding carboxylic acids is 1. The van der Waals surface area contributed by atoms with Gasteiger partial charge < -0.3 is 10.2 Å². The summed E-state index contributed by atoms with van der Waals surface area (Å²) in [6, 6.07) is 5.02. The SMILES string of the molecule is O=C(CNC1CC1)N(Cc1ccncc1)C1CC1. The molecule has 0 aliphatic heterocycles. The molecule has 0 bridgehead atoms. The summed E-state index contributed by atoms with van der Waals surface area (Å²) in [6.07, 6.45) is 8.32. The molecule has 18 heavy (non-hydrogen) atoms. The van der Waals surface area contributed by atoms with Crippen LogP contribution >= 0.6 is 0 Å². The van der Waals surface area contributed by atoms with Gasteiger partial charge in [0, 0.05) is 31.0 Å². The zero-order chi connectivity index (χ0) is 12.4. The highest BCUT2D eigenvalue weighted by Gasteiger charge is 2.33. The fraction of sp³-hybridized carbons (Fsp3) is 0.571. The minimum absolute atomic E-state index is 0.237. The van der Waals surface area contributed by atoms with E-state index in [0.29, 0.717) is 18.6 Å². The molecular weight excluding hydrogens is 226 g/mol. The molecule has 2 fully saturated rings. The van der Waals surface area contributed by atoms with Gasteiger partial charge in [0.15, 0.2) is 0 Å². The summed E-state index contributed by atoms with van der Waals surface area (Å²) in [5.41, 5.74) is 1.16. The predicted octanol–water partition coefficient (Wildman–Crippen LogP) is 1.32. The molecule has 4 heteroatoms. The van der Waals surface area contributed by atoms with E-state index in [9.17, 15) is 4.79 Å². The van der Waals surface area contributed by atoms with Gasteiger partial charge in [-0.25, -0.2) is 0 Å². The van der Waals surface area contributed by atoms with Crippen LogP contribution in [0.4, 0.5) is 0 Å². The van der Waals surface area contributed by atoms with Crippen molar-refractivity contribution < 1.29 is 4.79 Å². The summed E-state index contributed by atoms with van der Waals surface area (Å²) >= 11 is 0. The number of carbonyl (C=O) groups is 1. The molecule has 96 valence electrons. The van der Waals surface area contributed by atoms with Crippen LogP contribution in [0.15, 0.2) is 24.5 Å². The van der Waals surface area contributed by atoms with Crippen molar-refractivity contribution in [1.82, 2.24) is 15.2 Å². The van der Waals surface area contributed by atoms with Crippen LogP contribution in [0.5, 0.6) is 0 Å². The lowest BCUT2D eigenvalue weighted by atomic mass is 10.2. The fourth-order valence-corrected chi connectivity index (χ4v) is 2.11. The lowest BCUT2D eigenvalue weighted by molar-refractivity contribution is -0.131. The maximum Gasteiger partial charge on any atom is 0.237 e. The van der Waals surface area contributed by atoms with Crippen LogP contribution in [0.3, 0.4) is 0 Å². The zero-order valence-electron chi connectivity index (χ0n) is 10.5. The molecule has 0 radical (unpaired) electrons. The van der Waals surface area contributed by atoms with Crippen LogP contribution in [-0.4, -0.2) is 34.4 Å². The molecule has 4 nitrogen and oxygen atoms in total. The molecule has 2 aliphatic carbocycles. The van der Waals surface area contributed by atoms with E-state index in [1.54, 1.807) is 12.4 Å². The van der Waals surface area contributed by atoms with E-state index in [1.807, 2.05) is 17.0 Å². The zero-order valence-corrected chi connectivity index (χ0v) is 10.5. The standard InChI is InChI=1S/C14H19N3O/c18-14(9-16-12-1-2-12)17(13-3-4-13)10-11-5-7-15-8-6-11/h5-8,12-13,16H,1-4,9-10H2. The van der Waals surface area contributed by atoms with Gasteiger partial charge in [-0.05, 0) is 43.4 Å². The summed E-state index contributed by atoms with van der Waals surface area (Å²) in [4.78, 5) is 18.2. The molecule has 0 atom stereocenters. The minimum Gasteiger partial charge on any atom is -0.334 e. The normalized spacial score (nSPS) is 18.7. The van der Waals surface area contributed by atoms with E-state index in [1.165, 1.54) is 12.8 Å². The Bertz CT molecular complexity index is 412. The Labute approximate surface area is 107 Å². The maximum absolute atomic E-state index is 12.2. The molecule has 1 aromatic heterocycles. The second-order valence-electron chi connectivity index (χ2n) is 5.26. The summed E-state index contributed by atoms with van der Waals surface area (Å²) < 4.78 is 0. The van der Waals surface area contributed by atoms with E-state index in [4.69, 9.17) is 0 Å². The minimum atomic E-state index is 0.237. The van der Waals surface area contributed by atoms with E-state index < -0.39 is 0 Å². The van der Waals surface area contributed by atoms with Crippen LogP contribution in [0.25, 0.3) is 0 Å². The van der Waals surface area contributed by atoms with Crippen LogP contribution in [0, 0.1) is 0 Å². The highest BCUT2D eigenvalue weighted by Crippen LogP contribution is 2.28. The highest BCUT2D eigenvalue weighted by atomic mass is 16.2. The summed E-state index contributed by atoms with van der Waals surface area (Å²) in [7, 11) is 0. The second-order valence-corrected chi connectivity index (χ2v) is 5.26. The van der Waals surface area contributed by atoms with Gasteiger partial charge >= 0.3 is 0 Å². The smallest absolute Gasteiger partial charge is 0.237 e. The lowest BCUT2D eigenvalue weighted by Gasteiger charge is -2.22. The quantitative estimate of drug-likeness (QED) is 0.822. The fourth-order valence-electron chi connectivity index (χ4n) is 2.11. The van der Waals surface area contributed by atoms with Gasteiger partial charge in [-0.2, -0.15) is 0 Å². The number of nitrogens with one attached hydrogen (secondary N) is 1. The monoisotopic (exact) mass is 245 g/mol. The third kappa shape index (κ3) is 3.07. The molecule has 0 spiro atoms. The molecule has 2 saturated carbocycles. The first kappa shape index (κ1) is 11.7. The number of rotatable bonds is 6. The first-order chi connectivity index (χ1) is 8.83. The summed E-state index contributed by atoms with van der Waals surface area (Å²) in [5, 5.41) is 3.30. The molecule has 0 aromatic carbocycles. The average molecular weight is 245 g/mol. The molecular formula is C14H19N3O. The van der Waals surface area contributed by atoms with Gasteiger partial charge in [-0.3, -0.25) is 9.78 Å². The van der Waals surface area contributed by atoms with Crippen LogP contribution < -0.4 is 5.32 Å². The Kier molecular flexibility index (Phi) is 3.28. The van der Waals surface area contributed by atoms with Crippen LogP contribution in [0.1, 0.15) is 31.2 Å². The van der Waals surface area contributed by atoms with Gasteiger partial charge in [-0.15, -0.1) is 0 Å². The van der Waals surface area contributed by atoms with Gasteiger partial charge in [0.2, 0.25) is 5.91 Å². The van der Waals surface area contributed by atoms with Crippen molar-refractivity contribution in [1.29, 1.82) is 0 Å². The molecule has 1 N–H and O–H groups in total. The maximum atomic E-state index is 12.2. The van der Waals surface area contributed by atoms with E-state index in [-0.39, 0.29) is 5.91 Å². The number of amides is 1. The Morgan fingerprint density at radius 3 is 2.61 bits per heavy atom. The van der Waals surface area contributed by atoms with Crippen LogP contribution in [-0.2, 0) is 11.3 Å². The average Bonchev–Trinajstić information content (AvgIpc) is 3.28. The second kappa shape index (κ2) is 5.06. The van der Waals surface area contributed by atoms with E-state index >= 15 is 0 Å². The van der Waals surface area contributed by atoms with Gasteiger partial charge in [-0.1, -0.05) is 0 Å². The molecule has 0 saturated heterocycles. The summed E-state index contributed by atoms with van der Waals surface area (Å²) in [6.45, 7) is 1.21. The van der Waals surface area contributed by atoms with Crippen molar-refractivity contribution in [3.05, 3.63) is 30.1 Å². The first-order valence-corrected chi connectivity index (χ1v) is 6.74. The van der Waals surface area contributed by atoms with Crippen molar-refractivity contribution in [2.45, 2.75) is 44.3 Å². The van der Waals surface area contributed by atoms with Crippen molar-refractivity contribution in [2.75, 3.05) is 6.54 Å². The first-order valence-electron chi connectivity index (χ1n) is 6.74. The van der Waals surface area contributed by atoms with Gasteiger partial charge in [0.1, 0.15) is 0 Å². The van der Waals surface area contributed by atoms with E-state index in [2.05, 4.69) is 10.3 Å². The van der Waals surface area contributed by atoms with Crippen molar-refractivity contribution in [2.24, 2.45) is 0 Å². The molecule has 1 amide bonds. The molecule has 1 heterocycles. The van der Waals surface area contributed by atoms with E-state index in [0.717, 1.165) is 24.9 Å². The number of pyridine rings is 1. The Morgan fingerprint density at radius 2 is 2.00 bits per heavy atom. The third-order valence-electron chi connectivity index (χ3n) is 3.53. The number of hydrogen-bond acceptors (Lipinski definition) is 3. The molecule has 3 rings (SSSR count). The summed E-state index contributed by atoms with van der Waals surface area (Å²) in [5.74, 6) is 0.237. The lowest BCUT2D eigenvalue weighted by Crippen LogP contribution is -2.39. The van der Waals surface area contributed by atoms with Crippen molar-refractivity contribution in [3.8, 4) is 0 Å². The Hall–Kier alpha value is -1.42. The van der Waals surface area contributed by atoms with Crippen molar-refractivity contribution in [3.63, 3.8) is 0 Å². The third-order valence-corrected chi connectivity index (χ3v) is 3.53.